The Kier molecular flexibility index (Phi) is 6.71. The quantitative estimate of drug-likeness (QED) is 0.644. The van der Waals surface area contributed by atoms with Gasteiger partial charge in [-0.2, -0.15) is 0 Å². The Hall–Kier alpha value is -1.04. The molecule has 0 aliphatic carbocycles. The van der Waals surface area contributed by atoms with Crippen LogP contribution in [-0.2, 0) is 16.4 Å². The van der Waals surface area contributed by atoms with Crippen LogP contribution in [0, 0.1) is 0 Å². The summed E-state index contributed by atoms with van der Waals surface area (Å²) in [4.78, 5) is 0. The van der Waals surface area contributed by atoms with E-state index in [2.05, 4.69) is 6.58 Å². The topological polar surface area (TPSA) is 63.4 Å². The number of rotatable bonds is 6. The number of nitrogen functional groups attached to an aromatic ring is 1. The highest BCUT2D eigenvalue weighted by Gasteiger charge is 2.31. The lowest BCUT2D eigenvalue weighted by Crippen LogP contribution is -2.36. The fourth-order valence-corrected chi connectivity index (χ4v) is 4.32. The van der Waals surface area contributed by atoms with E-state index >= 15 is 0 Å². The van der Waals surface area contributed by atoms with Crippen LogP contribution in [0.4, 0.5) is 5.69 Å². The summed E-state index contributed by atoms with van der Waals surface area (Å²) in [5.74, 6) is 0. The molecule has 1 fully saturated rings. The zero-order valence-corrected chi connectivity index (χ0v) is 13.7. The molecule has 1 aromatic rings. The second kappa shape index (κ2) is 7.82. The van der Waals surface area contributed by atoms with Gasteiger partial charge in [-0.05, 0) is 43.4 Å². The van der Waals surface area contributed by atoms with E-state index in [9.17, 15) is 8.42 Å². The van der Waals surface area contributed by atoms with Crippen molar-refractivity contribution in [2.75, 3.05) is 18.8 Å². The van der Waals surface area contributed by atoms with Gasteiger partial charge in [-0.25, -0.2) is 12.7 Å². The minimum Gasteiger partial charge on any atom is -0.399 e. The van der Waals surface area contributed by atoms with Gasteiger partial charge in [0.1, 0.15) is 0 Å². The van der Waals surface area contributed by atoms with Gasteiger partial charge in [0.2, 0.25) is 10.0 Å². The highest BCUT2D eigenvalue weighted by Crippen LogP contribution is 2.21. The third kappa shape index (κ3) is 4.46. The number of nitrogens with two attached hydrogens (primary N) is 1. The standard InChI is InChI=1S/C15H22N2O2S.ClH/c1-2-15(20(18,19)17-11-3-4-12-17)10-7-13-5-8-14(16)9-6-13;/h2,5-6,8-9,15H,1,3-4,7,10-12,16H2;1H. The smallest absolute Gasteiger partial charge is 0.220 e. The molecule has 0 saturated carbocycles. The minimum atomic E-state index is -3.24. The van der Waals surface area contributed by atoms with E-state index in [0.717, 1.165) is 24.1 Å². The minimum absolute atomic E-state index is 0. The third-order valence-corrected chi connectivity index (χ3v) is 6.05. The van der Waals surface area contributed by atoms with E-state index < -0.39 is 15.3 Å². The first kappa shape index (κ1) is 18.0. The summed E-state index contributed by atoms with van der Waals surface area (Å²) in [5.41, 5.74) is 7.46. The number of aryl methyl sites for hydroxylation is 1. The second-order valence-electron chi connectivity index (χ2n) is 5.21. The van der Waals surface area contributed by atoms with Crippen LogP contribution < -0.4 is 5.73 Å². The van der Waals surface area contributed by atoms with Gasteiger partial charge in [0.15, 0.2) is 0 Å². The molecule has 0 spiro atoms. The monoisotopic (exact) mass is 330 g/mol. The van der Waals surface area contributed by atoms with Gasteiger partial charge >= 0.3 is 0 Å². The molecule has 1 heterocycles. The van der Waals surface area contributed by atoms with Crippen molar-refractivity contribution < 1.29 is 8.42 Å². The zero-order chi connectivity index (χ0) is 14.6. The van der Waals surface area contributed by atoms with E-state index in [4.69, 9.17) is 5.73 Å². The number of benzene rings is 1. The van der Waals surface area contributed by atoms with E-state index in [1.54, 1.807) is 10.4 Å². The number of sulfonamides is 1. The summed E-state index contributed by atoms with van der Waals surface area (Å²) in [6.07, 6.45) is 4.75. The number of halogens is 1. The molecule has 1 aliphatic heterocycles. The first-order valence-corrected chi connectivity index (χ1v) is 8.50. The van der Waals surface area contributed by atoms with Crippen molar-refractivity contribution in [1.29, 1.82) is 0 Å². The molecular weight excluding hydrogens is 308 g/mol. The molecule has 118 valence electrons. The first-order chi connectivity index (χ1) is 9.54. The number of anilines is 1. The molecule has 1 unspecified atom stereocenters. The van der Waals surface area contributed by atoms with Crippen molar-refractivity contribution in [3.8, 4) is 0 Å². The van der Waals surface area contributed by atoms with Gasteiger partial charge < -0.3 is 5.73 Å². The molecular formula is C15H23ClN2O2S. The van der Waals surface area contributed by atoms with Crippen LogP contribution in [0.15, 0.2) is 36.9 Å². The molecule has 0 aromatic heterocycles. The molecule has 2 N–H and O–H groups in total. The molecule has 0 radical (unpaired) electrons. The molecule has 1 saturated heterocycles. The summed E-state index contributed by atoms with van der Waals surface area (Å²) in [6.45, 7) is 4.99. The van der Waals surface area contributed by atoms with Crippen LogP contribution in [0.3, 0.4) is 0 Å². The lowest BCUT2D eigenvalue weighted by atomic mass is 10.1. The molecule has 0 amide bonds. The van der Waals surface area contributed by atoms with Crippen LogP contribution in [0.2, 0.25) is 0 Å². The highest BCUT2D eigenvalue weighted by molar-refractivity contribution is 7.89. The van der Waals surface area contributed by atoms with Crippen molar-refractivity contribution in [3.63, 3.8) is 0 Å². The average molecular weight is 331 g/mol. The Morgan fingerprint density at radius 1 is 1.24 bits per heavy atom. The van der Waals surface area contributed by atoms with Crippen molar-refractivity contribution in [3.05, 3.63) is 42.5 Å². The maximum atomic E-state index is 12.5. The Balaban J connectivity index is 0.00000220. The number of hydrogen-bond acceptors (Lipinski definition) is 3. The largest absolute Gasteiger partial charge is 0.399 e. The molecule has 0 bridgehead atoms. The van der Waals surface area contributed by atoms with Crippen molar-refractivity contribution in [2.24, 2.45) is 0 Å². The van der Waals surface area contributed by atoms with Crippen molar-refractivity contribution >= 4 is 28.1 Å². The molecule has 6 heteroatoms. The Bertz CT molecular complexity index is 552. The second-order valence-corrected chi connectivity index (χ2v) is 7.36. The van der Waals surface area contributed by atoms with E-state index in [-0.39, 0.29) is 12.4 Å². The predicted molar refractivity (Wildman–Crippen MR) is 90.1 cm³/mol. The summed E-state index contributed by atoms with van der Waals surface area (Å²) < 4.78 is 26.5. The van der Waals surface area contributed by atoms with Gasteiger partial charge in [0.05, 0.1) is 5.25 Å². The molecule has 2 rings (SSSR count). The lowest BCUT2D eigenvalue weighted by Gasteiger charge is -2.21. The fraction of sp³-hybridized carbons (Fsp3) is 0.467. The maximum absolute atomic E-state index is 12.5. The van der Waals surface area contributed by atoms with Crippen LogP contribution >= 0.6 is 12.4 Å². The Labute approximate surface area is 133 Å². The van der Waals surface area contributed by atoms with E-state index in [0.29, 0.717) is 25.9 Å². The van der Waals surface area contributed by atoms with Crippen LogP contribution in [-0.4, -0.2) is 31.1 Å². The maximum Gasteiger partial charge on any atom is 0.220 e. The number of hydrogen-bond donors (Lipinski definition) is 1. The van der Waals surface area contributed by atoms with Crippen molar-refractivity contribution in [1.82, 2.24) is 4.31 Å². The third-order valence-electron chi connectivity index (χ3n) is 3.77. The van der Waals surface area contributed by atoms with E-state index in [1.165, 1.54) is 0 Å². The Morgan fingerprint density at radius 2 is 1.81 bits per heavy atom. The van der Waals surface area contributed by atoms with Gasteiger partial charge in [0.25, 0.3) is 0 Å². The normalized spacial score (nSPS) is 17.1. The lowest BCUT2D eigenvalue weighted by molar-refractivity contribution is 0.468. The van der Waals surface area contributed by atoms with Gasteiger partial charge in [-0.1, -0.05) is 18.2 Å². The van der Waals surface area contributed by atoms with Gasteiger partial charge in [-0.15, -0.1) is 19.0 Å². The molecule has 1 aliphatic rings. The van der Waals surface area contributed by atoms with Crippen LogP contribution in [0.1, 0.15) is 24.8 Å². The highest BCUT2D eigenvalue weighted by atomic mass is 35.5. The Morgan fingerprint density at radius 3 is 2.33 bits per heavy atom. The summed E-state index contributed by atoms with van der Waals surface area (Å²) in [6, 6.07) is 7.57. The molecule has 21 heavy (non-hydrogen) atoms. The SMILES string of the molecule is C=CC(CCc1ccc(N)cc1)S(=O)(=O)N1CCCC1.Cl. The predicted octanol–water partition coefficient (Wildman–Crippen LogP) is 2.60. The molecule has 1 aromatic carbocycles. The zero-order valence-electron chi connectivity index (χ0n) is 12.1. The number of nitrogens with zero attached hydrogens (tertiary/aromatic N) is 1. The van der Waals surface area contributed by atoms with Gasteiger partial charge in [0, 0.05) is 18.8 Å². The first-order valence-electron chi connectivity index (χ1n) is 7.00. The van der Waals surface area contributed by atoms with Gasteiger partial charge in [-0.3, -0.25) is 0 Å². The van der Waals surface area contributed by atoms with Crippen molar-refractivity contribution in [2.45, 2.75) is 30.9 Å². The fourth-order valence-electron chi connectivity index (χ4n) is 2.52. The van der Waals surface area contributed by atoms with E-state index in [1.807, 2.05) is 24.3 Å². The summed E-state index contributed by atoms with van der Waals surface area (Å²) in [5, 5.41) is -0.502. The average Bonchev–Trinajstić information content (AvgIpc) is 2.96. The van der Waals surface area contributed by atoms with Crippen LogP contribution in [0.25, 0.3) is 0 Å². The van der Waals surface area contributed by atoms with Crippen LogP contribution in [0.5, 0.6) is 0 Å². The molecule has 4 nitrogen and oxygen atoms in total. The summed E-state index contributed by atoms with van der Waals surface area (Å²) >= 11 is 0. The molecule has 1 atom stereocenters. The summed E-state index contributed by atoms with van der Waals surface area (Å²) in [7, 11) is -3.24.